The van der Waals surface area contributed by atoms with Crippen molar-refractivity contribution in [1.29, 1.82) is 0 Å². The summed E-state index contributed by atoms with van der Waals surface area (Å²) in [6.45, 7) is 2.14. The van der Waals surface area contributed by atoms with Gasteiger partial charge in [-0.1, -0.05) is 0 Å². The van der Waals surface area contributed by atoms with E-state index in [0.717, 1.165) is 12.1 Å². The van der Waals surface area contributed by atoms with Crippen LogP contribution in [-0.4, -0.2) is 13.0 Å². The summed E-state index contributed by atoms with van der Waals surface area (Å²) < 4.78 is 44.2. The van der Waals surface area contributed by atoms with Crippen LogP contribution in [0.1, 0.15) is 6.92 Å². The van der Waals surface area contributed by atoms with Gasteiger partial charge in [0.05, 0.1) is 12.3 Å². The SMILES string of the molecule is CCOc1ccc(OC(F)(F)F)cc1N. The Balaban J connectivity index is 2.82. The second kappa shape index (κ2) is 4.29. The molecule has 0 aromatic heterocycles. The standard InChI is InChI=1S/C9H10F3NO2/c1-2-14-8-4-3-6(5-7(8)13)15-9(10,11)12/h3-5H,2,13H2,1H3. The largest absolute Gasteiger partial charge is 0.573 e. The number of nitrogens with two attached hydrogens (primary N) is 1. The Labute approximate surface area is 84.6 Å². The zero-order valence-corrected chi connectivity index (χ0v) is 7.97. The van der Waals surface area contributed by atoms with Crippen molar-refractivity contribution < 1.29 is 22.6 Å². The van der Waals surface area contributed by atoms with Gasteiger partial charge in [0.1, 0.15) is 11.5 Å². The number of nitrogen functional groups attached to an aromatic ring is 1. The first-order valence-corrected chi connectivity index (χ1v) is 4.20. The Kier molecular flexibility index (Phi) is 3.28. The van der Waals surface area contributed by atoms with Gasteiger partial charge in [-0.15, -0.1) is 13.2 Å². The predicted octanol–water partition coefficient (Wildman–Crippen LogP) is 2.57. The molecule has 0 heterocycles. The van der Waals surface area contributed by atoms with E-state index < -0.39 is 6.36 Å². The molecule has 15 heavy (non-hydrogen) atoms. The van der Waals surface area contributed by atoms with Crippen LogP contribution in [0.2, 0.25) is 0 Å². The van der Waals surface area contributed by atoms with Gasteiger partial charge in [0.25, 0.3) is 0 Å². The molecule has 0 unspecified atom stereocenters. The average molecular weight is 221 g/mol. The normalized spacial score (nSPS) is 11.2. The first-order chi connectivity index (χ1) is 6.92. The van der Waals surface area contributed by atoms with E-state index in [4.69, 9.17) is 10.5 Å². The first kappa shape index (κ1) is 11.5. The molecule has 0 radical (unpaired) electrons. The quantitative estimate of drug-likeness (QED) is 0.798. The minimum Gasteiger partial charge on any atom is -0.492 e. The molecule has 84 valence electrons. The molecule has 2 N–H and O–H groups in total. The van der Waals surface area contributed by atoms with E-state index in [1.54, 1.807) is 6.92 Å². The van der Waals surface area contributed by atoms with Crippen LogP contribution in [0, 0.1) is 0 Å². The third kappa shape index (κ3) is 3.57. The lowest BCUT2D eigenvalue weighted by molar-refractivity contribution is -0.274. The summed E-state index contributed by atoms with van der Waals surface area (Å²) in [7, 11) is 0. The molecule has 0 bridgehead atoms. The maximum absolute atomic E-state index is 11.8. The first-order valence-electron chi connectivity index (χ1n) is 4.20. The molecule has 0 aliphatic heterocycles. The van der Waals surface area contributed by atoms with Crippen molar-refractivity contribution in [2.45, 2.75) is 13.3 Å². The monoisotopic (exact) mass is 221 g/mol. The number of anilines is 1. The van der Waals surface area contributed by atoms with Crippen molar-refractivity contribution in [3.63, 3.8) is 0 Å². The number of alkyl halides is 3. The highest BCUT2D eigenvalue weighted by atomic mass is 19.4. The van der Waals surface area contributed by atoms with E-state index in [9.17, 15) is 13.2 Å². The van der Waals surface area contributed by atoms with Crippen molar-refractivity contribution in [1.82, 2.24) is 0 Å². The van der Waals surface area contributed by atoms with Crippen molar-refractivity contribution >= 4 is 5.69 Å². The van der Waals surface area contributed by atoms with E-state index in [0.29, 0.717) is 12.4 Å². The van der Waals surface area contributed by atoms with Gasteiger partial charge in [-0.25, -0.2) is 0 Å². The fourth-order valence-corrected chi connectivity index (χ4v) is 1.01. The smallest absolute Gasteiger partial charge is 0.492 e. The summed E-state index contributed by atoms with van der Waals surface area (Å²) >= 11 is 0. The highest BCUT2D eigenvalue weighted by molar-refractivity contribution is 5.56. The molecular formula is C9H10F3NO2. The van der Waals surface area contributed by atoms with Crippen LogP contribution >= 0.6 is 0 Å². The fraction of sp³-hybridized carbons (Fsp3) is 0.333. The molecule has 1 rings (SSSR count). The molecule has 0 saturated carbocycles. The lowest BCUT2D eigenvalue weighted by Crippen LogP contribution is -2.17. The minimum absolute atomic E-state index is 0.110. The van der Waals surface area contributed by atoms with Gasteiger partial charge < -0.3 is 15.2 Å². The molecule has 0 aliphatic carbocycles. The molecule has 0 fully saturated rings. The summed E-state index contributed by atoms with van der Waals surface area (Å²) in [5.41, 5.74) is 5.56. The minimum atomic E-state index is -4.71. The molecule has 0 spiro atoms. The summed E-state index contributed by atoms with van der Waals surface area (Å²) in [6.07, 6.45) is -4.71. The summed E-state index contributed by atoms with van der Waals surface area (Å²) in [5, 5.41) is 0. The van der Waals surface area contributed by atoms with Crippen LogP contribution in [0.25, 0.3) is 0 Å². The van der Waals surface area contributed by atoms with E-state index in [2.05, 4.69) is 4.74 Å². The average Bonchev–Trinajstić information content (AvgIpc) is 2.07. The second-order valence-electron chi connectivity index (χ2n) is 2.68. The predicted molar refractivity (Wildman–Crippen MR) is 48.7 cm³/mol. The van der Waals surface area contributed by atoms with E-state index in [-0.39, 0.29) is 11.4 Å². The van der Waals surface area contributed by atoms with Crippen molar-refractivity contribution in [3.8, 4) is 11.5 Å². The van der Waals surface area contributed by atoms with Gasteiger partial charge in [-0.05, 0) is 19.1 Å². The van der Waals surface area contributed by atoms with Crippen molar-refractivity contribution in [2.75, 3.05) is 12.3 Å². The van der Waals surface area contributed by atoms with Gasteiger partial charge in [0.2, 0.25) is 0 Å². The van der Waals surface area contributed by atoms with Crippen LogP contribution in [0.15, 0.2) is 18.2 Å². The Morgan fingerprint density at radius 3 is 2.47 bits per heavy atom. The van der Waals surface area contributed by atoms with E-state index >= 15 is 0 Å². The molecule has 0 aliphatic rings. The Bertz CT molecular complexity index is 339. The van der Waals surface area contributed by atoms with Gasteiger partial charge in [0, 0.05) is 6.07 Å². The Morgan fingerprint density at radius 1 is 1.33 bits per heavy atom. The van der Waals surface area contributed by atoms with Gasteiger partial charge in [-0.3, -0.25) is 0 Å². The number of rotatable bonds is 3. The molecule has 0 amide bonds. The number of benzene rings is 1. The van der Waals surface area contributed by atoms with Crippen LogP contribution < -0.4 is 15.2 Å². The molecule has 1 aromatic carbocycles. The third-order valence-corrected chi connectivity index (χ3v) is 1.51. The molecule has 6 heteroatoms. The van der Waals surface area contributed by atoms with Gasteiger partial charge in [0.15, 0.2) is 0 Å². The summed E-state index contributed by atoms with van der Waals surface area (Å²) in [6, 6.07) is 3.55. The third-order valence-electron chi connectivity index (χ3n) is 1.51. The molecular weight excluding hydrogens is 211 g/mol. The van der Waals surface area contributed by atoms with E-state index in [1.165, 1.54) is 6.07 Å². The highest BCUT2D eigenvalue weighted by Gasteiger charge is 2.31. The number of halogens is 3. The zero-order valence-electron chi connectivity index (χ0n) is 7.97. The second-order valence-corrected chi connectivity index (χ2v) is 2.68. The number of ether oxygens (including phenoxy) is 2. The highest BCUT2D eigenvalue weighted by Crippen LogP contribution is 2.29. The summed E-state index contributed by atoms with van der Waals surface area (Å²) in [4.78, 5) is 0. The molecule has 0 saturated heterocycles. The zero-order chi connectivity index (χ0) is 11.5. The van der Waals surface area contributed by atoms with Crippen LogP contribution in [-0.2, 0) is 0 Å². The lowest BCUT2D eigenvalue weighted by atomic mass is 10.3. The number of hydrogen-bond acceptors (Lipinski definition) is 3. The lowest BCUT2D eigenvalue weighted by Gasteiger charge is -2.11. The molecule has 0 atom stereocenters. The van der Waals surface area contributed by atoms with Crippen molar-refractivity contribution in [3.05, 3.63) is 18.2 Å². The number of hydrogen-bond donors (Lipinski definition) is 1. The van der Waals surface area contributed by atoms with Crippen LogP contribution in [0.5, 0.6) is 11.5 Å². The topological polar surface area (TPSA) is 44.5 Å². The molecule has 1 aromatic rings. The van der Waals surface area contributed by atoms with Crippen LogP contribution in [0.3, 0.4) is 0 Å². The Hall–Kier alpha value is -1.59. The maximum Gasteiger partial charge on any atom is 0.573 e. The maximum atomic E-state index is 11.8. The fourth-order valence-electron chi connectivity index (χ4n) is 1.01. The van der Waals surface area contributed by atoms with Crippen molar-refractivity contribution in [2.24, 2.45) is 0 Å². The molecule has 3 nitrogen and oxygen atoms in total. The van der Waals surface area contributed by atoms with E-state index in [1.807, 2.05) is 0 Å². The van der Waals surface area contributed by atoms with Crippen LogP contribution in [0.4, 0.5) is 18.9 Å². The van der Waals surface area contributed by atoms with Gasteiger partial charge in [-0.2, -0.15) is 0 Å². The Morgan fingerprint density at radius 2 is 2.00 bits per heavy atom. The van der Waals surface area contributed by atoms with Gasteiger partial charge >= 0.3 is 6.36 Å². The summed E-state index contributed by atoms with van der Waals surface area (Å²) in [5.74, 6) is -0.0181.